The number of allylic oxidation sites excluding steroid dienone is 4. The highest BCUT2D eigenvalue weighted by Crippen LogP contribution is 2.17. The van der Waals surface area contributed by atoms with Crippen LogP contribution in [0.25, 0.3) is 0 Å². The highest BCUT2D eigenvalue weighted by molar-refractivity contribution is 5.76. The fourth-order valence-electron chi connectivity index (χ4n) is 1.27. The fourth-order valence-corrected chi connectivity index (χ4v) is 1.27. The summed E-state index contributed by atoms with van der Waals surface area (Å²) in [6.45, 7) is 1.87. The van der Waals surface area contributed by atoms with Crippen molar-refractivity contribution in [3.63, 3.8) is 0 Å². The van der Waals surface area contributed by atoms with Gasteiger partial charge in [-0.2, -0.15) is 0 Å². The average Bonchev–Trinajstić information content (AvgIpc) is 2.06. The molecule has 0 aromatic heterocycles. The molecule has 0 saturated carbocycles. The van der Waals surface area contributed by atoms with E-state index in [-0.39, 0.29) is 11.8 Å². The first kappa shape index (κ1) is 9.04. The summed E-state index contributed by atoms with van der Waals surface area (Å²) in [7, 11) is 0. The van der Waals surface area contributed by atoms with Crippen molar-refractivity contribution in [1.29, 1.82) is 0 Å². The molecular formula is C10H15NO. The molecule has 1 atom stereocenters. The van der Waals surface area contributed by atoms with Crippen LogP contribution in [0.1, 0.15) is 26.2 Å². The van der Waals surface area contributed by atoms with E-state index in [1.54, 1.807) is 0 Å². The van der Waals surface area contributed by atoms with Crippen LogP contribution in [0.4, 0.5) is 0 Å². The molecule has 2 N–H and O–H groups in total. The second kappa shape index (κ2) is 4.10. The van der Waals surface area contributed by atoms with Gasteiger partial charge in [0.2, 0.25) is 5.91 Å². The van der Waals surface area contributed by atoms with Gasteiger partial charge in [-0.15, -0.1) is 0 Å². The SMILES string of the molecule is CC(CC1=CCCC=C1)C(N)=O. The molecule has 0 spiro atoms. The molecule has 66 valence electrons. The van der Waals surface area contributed by atoms with Gasteiger partial charge in [0.1, 0.15) is 0 Å². The molecule has 0 heterocycles. The lowest BCUT2D eigenvalue weighted by Crippen LogP contribution is -2.20. The van der Waals surface area contributed by atoms with Gasteiger partial charge in [-0.05, 0) is 19.3 Å². The number of rotatable bonds is 3. The molecule has 2 nitrogen and oxygen atoms in total. The first-order valence-corrected chi connectivity index (χ1v) is 4.35. The quantitative estimate of drug-likeness (QED) is 0.680. The van der Waals surface area contributed by atoms with E-state index < -0.39 is 0 Å². The van der Waals surface area contributed by atoms with Crippen LogP contribution in [-0.2, 0) is 4.79 Å². The van der Waals surface area contributed by atoms with Crippen LogP contribution in [0, 0.1) is 5.92 Å². The van der Waals surface area contributed by atoms with Gasteiger partial charge in [-0.3, -0.25) is 4.79 Å². The standard InChI is InChI=1S/C10H15NO/c1-8(10(11)12)7-9-5-3-2-4-6-9/h3,5-6,8H,2,4,7H2,1H3,(H2,11,12). The van der Waals surface area contributed by atoms with Crippen LogP contribution >= 0.6 is 0 Å². The Morgan fingerprint density at radius 1 is 1.67 bits per heavy atom. The van der Waals surface area contributed by atoms with Crippen LogP contribution in [0.5, 0.6) is 0 Å². The van der Waals surface area contributed by atoms with E-state index in [0.717, 1.165) is 19.3 Å². The minimum absolute atomic E-state index is 0.0426. The van der Waals surface area contributed by atoms with Crippen molar-refractivity contribution in [3.05, 3.63) is 23.8 Å². The third kappa shape index (κ3) is 2.53. The summed E-state index contributed by atoms with van der Waals surface area (Å²) in [6.07, 6.45) is 9.41. The molecule has 0 bridgehead atoms. The Hall–Kier alpha value is -1.05. The number of carbonyl (C=O) groups excluding carboxylic acids is 1. The monoisotopic (exact) mass is 165 g/mol. The average molecular weight is 165 g/mol. The van der Waals surface area contributed by atoms with Gasteiger partial charge in [0.05, 0.1) is 0 Å². The highest BCUT2D eigenvalue weighted by atomic mass is 16.1. The lowest BCUT2D eigenvalue weighted by atomic mass is 9.96. The summed E-state index contributed by atoms with van der Waals surface area (Å²) >= 11 is 0. The molecule has 0 aromatic rings. The van der Waals surface area contributed by atoms with Gasteiger partial charge >= 0.3 is 0 Å². The minimum Gasteiger partial charge on any atom is -0.369 e. The Bertz CT molecular complexity index is 228. The number of nitrogens with two attached hydrogens (primary N) is 1. The van der Waals surface area contributed by atoms with E-state index in [0.29, 0.717) is 0 Å². The van der Waals surface area contributed by atoms with Crippen LogP contribution in [0.2, 0.25) is 0 Å². The third-order valence-corrected chi connectivity index (χ3v) is 2.10. The van der Waals surface area contributed by atoms with Crippen LogP contribution < -0.4 is 5.73 Å². The summed E-state index contributed by atoms with van der Waals surface area (Å²) in [4.78, 5) is 10.7. The molecule has 1 aliphatic rings. The minimum atomic E-state index is -0.213. The van der Waals surface area contributed by atoms with Crippen molar-refractivity contribution < 1.29 is 4.79 Å². The molecule has 1 unspecified atom stereocenters. The van der Waals surface area contributed by atoms with Crippen LogP contribution in [0.15, 0.2) is 23.8 Å². The summed E-state index contributed by atoms with van der Waals surface area (Å²) < 4.78 is 0. The van der Waals surface area contributed by atoms with Gasteiger partial charge in [0.25, 0.3) is 0 Å². The number of amides is 1. The predicted octanol–water partition coefficient (Wildman–Crippen LogP) is 1.77. The number of primary amides is 1. The highest BCUT2D eigenvalue weighted by Gasteiger charge is 2.10. The van der Waals surface area contributed by atoms with Crippen molar-refractivity contribution in [2.45, 2.75) is 26.2 Å². The van der Waals surface area contributed by atoms with E-state index in [1.165, 1.54) is 5.57 Å². The molecule has 12 heavy (non-hydrogen) atoms. The number of hydrogen-bond donors (Lipinski definition) is 1. The molecule has 1 rings (SSSR count). The van der Waals surface area contributed by atoms with Gasteiger partial charge in [-0.25, -0.2) is 0 Å². The van der Waals surface area contributed by atoms with Gasteiger partial charge < -0.3 is 5.73 Å². The van der Waals surface area contributed by atoms with E-state index in [2.05, 4.69) is 18.2 Å². The molecular weight excluding hydrogens is 150 g/mol. The molecule has 0 aromatic carbocycles. The maximum absolute atomic E-state index is 10.7. The first-order chi connectivity index (χ1) is 5.70. The largest absolute Gasteiger partial charge is 0.369 e. The number of hydrogen-bond acceptors (Lipinski definition) is 1. The summed E-state index contributed by atoms with van der Waals surface area (Å²) in [6, 6.07) is 0. The second-order valence-electron chi connectivity index (χ2n) is 3.27. The second-order valence-corrected chi connectivity index (χ2v) is 3.27. The van der Waals surface area contributed by atoms with E-state index in [4.69, 9.17) is 5.73 Å². The van der Waals surface area contributed by atoms with Crippen LogP contribution in [-0.4, -0.2) is 5.91 Å². The van der Waals surface area contributed by atoms with Crippen molar-refractivity contribution in [2.75, 3.05) is 0 Å². The maximum Gasteiger partial charge on any atom is 0.220 e. The molecule has 0 aliphatic heterocycles. The van der Waals surface area contributed by atoms with E-state index in [9.17, 15) is 4.79 Å². The zero-order valence-corrected chi connectivity index (χ0v) is 7.42. The Morgan fingerprint density at radius 3 is 2.92 bits per heavy atom. The normalized spacial score (nSPS) is 18.6. The third-order valence-electron chi connectivity index (χ3n) is 2.10. The molecule has 1 aliphatic carbocycles. The summed E-state index contributed by atoms with van der Waals surface area (Å²) in [5, 5.41) is 0. The fraction of sp³-hybridized carbons (Fsp3) is 0.500. The van der Waals surface area contributed by atoms with E-state index >= 15 is 0 Å². The molecule has 1 amide bonds. The van der Waals surface area contributed by atoms with Gasteiger partial charge in [0, 0.05) is 5.92 Å². The smallest absolute Gasteiger partial charge is 0.220 e. The lowest BCUT2D eigenvalue weighted by Gasteiger charge is -2.10. The van der Waals surface area contributed by atoms with E-state index in [1.807, 2.05) is 6.92 Å². The summed E-state index contributed by atoms with van der Waals surface area (Å²) in [5.41, 5.74) is 6.41. The Balaban J connectivity index is 2.45. The van der Waals surface area contributed by atoms with Crippen molar-refractivity contribution in [3.8, 4) is 0 Å². The van der Waals surface area contributed by atoms with Gasteiger partial charge in [0.15, 0.2) is 0 Å². The van der Waals surface area contributed by atoms with Crippen molar-refractivity contribution in [1.82, 2.24) is 0 Å². The van der Waals surface area contributed by atoms with Crippen molar-refractivity contribution in [2.24, 2.45) is 11.7 Å². The Morgan fingerprint density at radius 2 is 2.42 bits per heavy atom. The maximum atomic E-state index is 10.7. The van der Waals surface area contributed by atoms with Crippen LogP contribution in [0.3, 0.4) is 0 Å². The predicted molar refractivity (Wildman–Crippen MR) is 49.4 cm³/mol. The first-order valence-electron chi connectivity index (χ1n) is 4.35. The van der Waals surface area contributed by atoms with Gasteiger partial charge in [-0.1, -0.05) is 30.7 Å². The zero-order valence-electron chi connectivity index (χ0n) is 7.42. The Kier molecular flexibility index (Phi) is 3.09. The molecule has 0 radical (unpaired) electrons. The van der Waals surface area contributed by atoms with Crippen molar-refractivity contribution >= 4 is 5.91 Å². The lowest BCUT2D eigenvalue weighted by molar-refractivity contribution is -0.121. The topological polar surface area (TPSA) is 43.1 Å². The molecule has 0 fully saturated rings. The number of carbonyl (C=O) groups is 1. The molecule has 2 heteroatoms. The summed E-state index contributed by atoms with van der Waals surface area (Å²) in [5.74, 6) is -0.256. The Labute approximate surface area is 73.1 Å². The zero-order chi connectivity index (χ0) is 8.97. The molecule has 0 saturated heterocycles.